The third-order valence-electron chi connectivity index (χ3n) is 9.01. The van der Waals surface area contributed by atoms with Gasteiger partial charge in [-0.25, -0.2) is 13.8 Å². The first-order chi connectivity index (χ1) is 27.8. The molecule has 1 atom stereocenters. The zero-order chi connectivity index (χ0) is 40.1. The second-order valence-electron chi connectivity index (χ2n) is 12.6. The van der Waals surface area contributed by atoms with Crippen molar-refractivity contribution in [3.8, 4) is 22.8 Å². The van der Waals surface area contributed by atoms with Gasteiger partial charge in [-0.3, -0.25) is 24.3 Å². The highest BCUT2D eigenvalue weighted by Crippen LogP contribution is 2.35. The van der Waals surface area contributed by atoms with Crippen LogP contribution in [0.5, 0.6) is 11.6 Å². The molecular weight excluding hydrogens is 748 g/mol. The smallest absolute Gasteiger partial charge is 0.262 e. The zero-order valence-electron chi connectivity index (χ0n) is 31.1. The number of nitrogens with one attached hydrogen (secondary N) is 2. The number of imide groups is 1. The summed E-state index contributed by atoms with van der Waals surface area (Å²) in [5.41, 5.74) is 1.89. The average molecular weight is 790 g/mol. The molecule has 2 N–H and O–H groups in total. The van der Waals surface area contributed by atoms with Gasteiger partial charge in [-0.2, -0.15) is 0 Å². The predicted octanol–water partition coefficient (Wildman–Crippen LogP) is 4.27. The van der Waals surface area contributed by atoms with Crippen LogP contribution in [0.2, 0.25) is 0 Å². The summed E-state index contributed by atoms with van der Waals surface area (Å²) in [5.74, 6) is -2.98. The van der Waals surface area contributed by atoms with Gasteiger partial charge in [-0.1, -0.05) is 0 Å². The van der Waals surface area contributed by atoms with Crippen molar-refractivity contribution in [2.24, 2.45) is 0 Å². The molecule has 1 unspecified atom stereocenters. The number of ether oxygens (including phenoxy) is 6. The Labute approximate surface area is 325 Å². The van der Waals surface area contributed by atoms with Crippen LogP contribution in [0.1, 0.15) is 33.6 Å². The molecule has 2 aromatic carbocycles. The van der Waals surface area contributed by atoms with Crippen molar-refractivity contribution in [3.63, 3.8) is 0 Å². The van der Waals surface area contributed by atoms with Crippen LogP contribution in [0, 0.1) is 11.6 Å². The van der Waals surface area contributed by atoms with Gasteiger partial charge in [-0.05, 0) is 42.8 Å². The van der Waals surface area contributed by atoms with Crippen LogP contribution in [0.3, 0.4) is 0 Å². The Morgan fingerprint density at radius 3 is 2.11 bits per heavy atom. The number of hydrogen-bond donors (Lipinski definition) is 2. The molecule has 0 saturated carbocycles. The highest BCUT2D eigenvalue weighted by atomic mass is 19.2. The van der Waals surface area contributed by atoms with Gasteiger partial charge in [0.05, 0.1) is 69.5 Å². The summed E-state index contributed by atoms with van der Waals surface area (Å²) in [6, 6.07) is 9.87. The van der Waals surface area contributed by atoms with Crippen LogP contribution in [0.4, 0.5) is 8.78 Å². The number of benzene rings is 2. The van der Waals surface area contributed by atoms with E-state index < -0.39 is 35.4 Å². The summed E-state index contributed by atoms with van der Waals surface area (Å²) < 4.78 is 63.4. The van der Waals surface area contributed by atoms with Crippen molar-refractivity contribution in [1.82, 2.24) is 25.2 Å². The quantitative estimate of drug-likeness (QED) is 0.0546. The molecule has 0 radical (unpaired) electrons. The fourth-order valence-corrected chi connectivity index (χ4v) is 6.24. The molecular formula is C40H41F2N5O10. The molecule has 3 aromatic heterocycles. The van der Waals surface area contributed by atoms with E-state index in [1.807, 2.05) is 0 Å². The number of fused-ring (bicyclic) bond motifs is 4. The van der Waals surface area contributed by atoms with Crippen LogP contribution < -0.4 is 14.8 Å². The van der Waals surface area contributed by atoms with E-state index in [-0.39, 0.29) is 54.7 Å². The predicted molar refractivity (Wildman–Crippen MR) is 201 cm³/mol. The number of halogens is 2. The number of aldehydes is 1. The maximum absolute atomic E-state index is 15.0. The summed E-state index contributed by atoms with van der Waals surface area (Å²) in [6.45, 7) is 3.08. The molecule has 6 rings (SSSR count). The molecule has 1 aliphatic rings. The average Bonchev–Trinajstić information content (AvgIpc) is 3.72. The van der Waals surface area contributed by atoms with Crippen molar-refractivity contribution in [3.05, 3.63) is 83.8 Å². The van der Waals surface area contributed by atoms with Gasteiger partial charge in [0.1, 0.15) is 31.3 Å². The van der Waals surface area contributed by atoms with Crippen molar-refractivity contribution >= 4 is 45.8 Å². The number of hydrogen-bond acceptors (Lipinski definition) is 12. The maximum Gasteiger partial charge on any atom is 0.262 e. The number of H-pyrrole nitrogens is 1. The number of amides is 3. The van der Waals surface area contributed by atoms with Gasteiger partial charge < -0.3 is 43.5 Å². The normalized spacial score (nSPS) is 13.0. The lowest BCUT2D eigenvalue weighted by molar-refractivity contribution is -0.124. The lowest BCUT2D eigenvalue weighted by atomic mass is 10.0. The molecule has 5 aromatic rings. The largest absolute Gasteiger partial charge is 0.491 e. The summed E-state index contributed by atoms with van der Waals surface area (Å²) in [7, 11) is 1.40. The number of aromatic nitrogens is 3. The summed E-state index contributed by atoms with van der Waals surface area (Å²) in [4.78, 5) is 61.4. The van der Waals surface area contributed by atoms with Gasteiger partial charge >= 0.3 is 0 Å². The number of carbonyl (C=O) groups is 4. The fourth-order valence-electron chi connectivity index (χ4n) is 6.24. The first-order valence-electron chi connectivity index (χ1n) is 18.3. The Morgan fingerprint density at radius 1 is 0.789 bits per heavy atom. The van der Waals surface area contributed by atoms with Crippen molar-refractivity contribution in [2.75, 3.05) is 73.1 Å². The summed E-state index contributed by atoms with van der Waals surface area (Å²) >= 11 is 0. The van der Waals surface area contributed by atoms with Crippen LogP contribution in [0.25, 0.3) is 32.9 Å². The standard InChI is InChI=1S/C40H41F2N5O10/c1-43-38(49)33(3-2-10-48)47-39(50)27-6-5-26(21-29(27)40(47)51)56-19-17-54-15-13-52-11-12-53-14-16-55-18-20-57-34-7-4-25(23-45-34)28-22-32-35(37(42)36(28)41)30-24-44-9-8-31(30)46-32/h4-10,21-24,33,46H,2-3,11-20H2,1H3,(H,43,49). The maximum atomic E-state index is 15.0. The minimum absolute atomic E-state index is 0.0231. The van der Waals surface area contributed by atoms with E-state index in [4.69, 9.17) is 28.4 Å². The van der Waals surface area contributed by atoms with E-state index in [0.717, 1.165) is 4.90 Å². The first-order valence-corrected chi connectivity index (χ1v) is 18.3. The van der Waals surface area contributed by atoms with Crippen molar-refractivity contribution in [1.29, 1.82) is 0 Å². The first kappa shape index (κ1) is 40.8. The number of likely N-dealkylation sites (N-methyl/N-ethyl adjacent to an activating group) is 1. The van der Waals surface area contributed by atoms with Crippen LogP contribution >= 0.6 is 0 Å². The molecule has 17 heteroatoms. The highest BCUT2D eigenvalue weighted by molar-refractivity contribution is 6.23. The van der Waals surface area contributed by atoms with E-state index in [9.17, 15) is 19.2 Å². The zero-order valence-corrected chi connectivity index (χ0v) is 31.1. The Bertz CT molecular complexity index is 2200. The Hall–Kier alpha value is -5.88. The van der Waals surface area contributed by atoms with Gasteiger partial charge in [0, 0.05) is 65.5 Å². The minimum atomic E-state index is -1.09. The molecule has 0 aliphatic carbocycles. The number of carbonyl (C=O) groups excluding carboxylic acids is 4. The van der Waals surface area contributed by atoms with Gasteiger partial charge in [0.15, 0.2) is 11.6 Å². The number of aromatic amines is 1. The van der Waals surface area contributed by atoms with Gasteiger partial charge in [0.2, 0.25) is 11.8 Å². The highest BCUT2D eigenvalue weighted by Gasteiger charge is 2.42. The van der Waals surface area contributed by atoms with E-state index in [0.29, 0.717) is 86.1 Å². The van der Waals surface area contributed by atoms with Crippen LogP contribution in [-0.2, 0) is 28.5 Å². The van der Waals surface area contributed by atoms with Crippen LogP contribution in [-0.4, -0.2) is 123 Å². The van der Waals surface area contributed by atoms with Gasteiger partial charge in [-0.15, -0.1) is 0 Å². The minimum Gasteiger partial charge on any atom is -0.491 e. The summed E-state index contributed by atoms with van der Waals surface area (Å²) in [5, 5.41) is 3.11. The monoisotopic (exact) mass is 789 g/mol. The second-order valence-corrected chi connectivity index (χ2v) is 12.6. The second kappa shape index (κ2) is 19.8. The molecule has 3 amide bonds. The van der Waals surface area contributed by atoms with E-state index in [2.05, 4.69) is 20.3 Å². The Kier molecular flexibility index (Phi) is 14.2. The van der Waals surface area contributed by atoms with E-state index in [1.54, 1.807) is 36.5 Å². The molecule has 300 valence electrons. The van der Waals surface area contributed by atoms with E-state index >= 15 is 8.78 Å². The molecule has 57 heavy (non-hydrogen) atoms. The lowest BCUT2D eigenvalue weighted by Gasteiger charge is -2.24. The lowest BCUT2D eigenvalue weighted by Crippen LogP contribution is -2.48. The number of nitrogens with zero attached hydrogens (tertiary/aromatic N) is 3. The molecule has 0 spiro atoms. The Balaban J connectivity index is 0.782. The molecule has 1 aliphatic heterocycles. The molecule has 4 heterocycles. The fraction of sp³-hybridized carbons (Fsp3) is 0.350. The number of rotatable bonds is 23. The van der Waals surface area contributed by atoms with Gasteiger partial charge in [0.25, 0.3) is 11.8 Å². The SMILES string of the molecule is CNC(=O)C(CCC=O)N1C(=O)c2ccc(OCCOCCOCCOCCOCCOc3ccc(-c4cc5[nH]c6ccncc6c5c(F)c4F)cn3)cc2C1=O. The number of pyridine rings is 2. The molecule has 0 fully saturated rings. The molecule has 0 bridgehead atoms. The van der Waals surface area contributed by atoms with E-state index in [1.165, 1.54) is 31.6 Å². The van der Waals surface area contributed by atoms with Crippen molar-refractivity contribution < 1.29 is 56.4 Å². The topological polar surface area (TPSA) is 180 Å². The third kappa shape index (κ3) is 9.75. The molecule has 0 saturated heterocycles. The third-order valence-corrected chi connectivity index (χ3v) is 9.01. The van der Waals surface area contributed by atoms with Crippen LogP contribution in [0.15, 0.2) is 61.1 Å². The summed E-state index contributed by atoms with van der Waals surface area (Å²) in [6.07, 6.45) is 5.19. The Morgan fingerprint density at radius 2 is 1.46 bits per heavy atom. The van der Waals surface area contributed by atoms with Crippen molar-refractivity contribution in [2.45, 2.75) is 18.9 Å². The molecule has 15 nitrogen and oxygen atoms in total.